The van der Waals surface area contributed by atoms with E-state index in [0.717, 1.165) is 18.1 Å². The number of aromatic nitrogens is 2. The minimum atomic E-state index is -2.84. The van der Waals surface area contributed by atoms with Gasteiger partial charge in [-0.25, -0.2) is 13.4 Å². The maximum Gasteiger partial charge on any atom is 0.191 e. The first-order chi connectivity index (χ1) is 12.0. The monoisotopic (exact) mass is 495 g/mol. The molecule has 0 spiro atoms. The van der Waals surface area contributed by atoms with E-state index in [9.17, 15) is 8.42 Å². The van der Waals surface area contributed by atoms with Crippen molar-refractivity contribution in [3.63, 3.8) is 0 Å². The van der Waals surface area contributed by atoms with Gasteiger partial charge in [0, 0.05) is 25.8 Å². The highest BCUT2D eigenvalue weighted by atomic mass is 127. The summed E-state index contributed by atoms with van der Waals surface area (Å²) in [5, 5.41) is 11.1. The van der Waals surface area contributed by atoms with Gasteiger partial charge in [0.05, 0.1) is 23.7 Å². The molecule has 1 saturated heterocycles. The molecule has 9 heteroatoms. The van der Waals surface area contributed by atoms with E-state index < -0.39 is 9.84 Å². The molecule has 26 heavy (non-hydrogen) atoms. The van der Waals surface area contributed by atoms with Crippen molar-refractivity contribution in [2.45, 2.75) is 51.1 Å². The summed E-state index contributed by atoms with van der Waals surface area (Å²) < 4.78 is 25.1. The topological polar surface area (TPSA) is 88.4 Å². The number of nitrogens with one attached hydrogen (secondary N) is 2. The Morgan fingerprint density at radius 3 is 2.69 bits per heavy atom. The van der Waals surface area contributed by atoms with Crippen LogP contribution in [0.2, 0.25) is 0 Å². The Balaban J connectivity index is 0.00000243. The average molecular weight is 495 g/mol. The Hall–Kier alpha value is -0.840. The second-order valence-corrected chi connectivity index (χ2v) is 9.47. The molecule has 0 radical (unpaired) electrons. The molecule has 1 aromatic heterocycles. The van der Waals surface area contributed by atoms with Crippen LogP contribution in [0.4, 0.5) is 0 Å². The van der Waals surface area contributed by atoms with Gasteiger partial charge in [-0.15, -0.1) is 24.0 Å². The fourth-order valence-corrected chi connectivity index (χ4v) is 5.45. The second-order valence-electron chi connectivity index (χ2n) is 7.24. The Morgan fingerprint density at radius 1 is 1.31 bits per heavy atom. The number of aryl methyl sites for hydroxylation is 1. The lowest BCUT2D eigenvalue weighted by Gasteiger charge is -2.25. The lowest BCUT2D eigenvalue weighted by atomic mass is 9.96. The Kier molecular flexibility index (Phi) is 8.18. The lowest BCUT2D eigenvalue weighted by molar-refractivity contribution is 0.408. The SMILES string of the molecule is Cn1nccc1CN=C(NCC1CCS(=O)(=O)C1)NC1CCCCC1.I. The molecule has 1 saturated carbocycles. The Bertz CT molecular complexity index is 698. The molecular formula is C17H30IN5O2S. The Morgan fingerprint density at radius 2 is 2.08 bits per heavy atom. The van der Waals surface area contributed by atoms with Gasteiger partial charge in [-0.1, -0.05) is 19.3 Å². The highest BCUT2D eigenvalue weighted by Crippen LogP contribution is 2.18. The predicted molar refractivity (Wildman–Crippen MR) is 115 cm³/mol. The molecule has 1 atom stereocenters. The molecule has 0 aromatic carbocycles. The van der Waals surface area contributed by atoms with E-state index in [0.29, 0.717) is 30.6 Å². The summed E-state index contributed by atoms with van der Waals surface area (Å²) in [6, 6.07) is 2.42. The molecular weight excluding hydrogens is 465 g/mol. The fraction of sp³-hybridized carbons (Fsp3) is 0.765. The molecule has 2 N–H and O–H groups in total. The molecule has 1 unspecified atom stereocenters. The third-order valence-electron chi connectivity index (χ3n) is 5.15. The van der Waals surface area contributed by atoms with Crippen molar-refractivity contribution in [2.24, 2.45) is 18.0 Å². The van der Waals surface area contributed by atoms with Crippen LogP contribution in [0, 0.1) is 5.92 Å². The molecule has 1 aromatic rings. The maximum atomic E-state index is 11.6. The number of nitrogens with zero attached hydrogens (tertiary/aromatic N) is 3. The van der Waals surface area contributed by atoms with Crippen LogP contribution in [-0.2, 0) is 23.4 Å². The minimum absolute atomic E-state index is 0. The molecule has 0 amide bonds. The molecule has 2 fully saturated rings. The molecule has 3 rings (SSSR count). The van der Waals surface area contributed by atoms with Gasteiger partial charge < -0.3 is 10.6 Å². The van der Waals surface area contributed by atoms with Gasteiger partial charge in [0.2, 0.25) is 0 Å². The van der Waals surface area contributed by atoms with Crippen molar-refractivity contribution in [3.05, 3.63) is 18.0 Å². The third-order valence-corrected chi connectivity index (χ3v) is 6.99. The van der Waals surface area contributed by atoms with Gasteiger partial charge in [-0.05, 0) is 31.2 Å². The van der Waals surface area contributed by atoms with E-state index in [2.05, 4.69) is 15.7 Å². The fourth-order valence-electron chi connectivity index (χ4n) is 3.58. The van der Waals surface area contributed by atoms with Gasteiger partial charge in [0.1, 0.15) is 0 Å². The molecule has 148 valence electrons. The number of rotatable bonds is 5. The standard InChI is InChI=1S/C17H29N5O2S.HI/c1-22-16(7-9-20-22)12-19-17(21-15-5-3-2-4-6-15)18-11-14-8-10-25(23,24)13-14;/h7,9,14-15H,2-6,8,10-13H2,1H3,(H2,18,19,21);1H. The predicted octanol–water partition coefficient (Wildman–Crippen LogP) is 1.84. The van der Waals surface area contributed by atoms with Gasteiger partial charge in [0.15, 0.2) is 15.8 Å². The molecule has 2 heterocycles. The van der Waals surface area contributed by atoms with E-state index in [-0.39, 0.29) is 29.9 Å². The number of sulfone groups is 1. The summed E-state index contributed by atoms with van der Waals surface area (Å²) in [6.45, 7) is 1.21. The summed E-state index contributed by atoms with van der Waals surface area (Å²) in [6.07, 6.45) is 8.69. The van der Waals surface area contributed by atoms with Crippen molar-refractivity contribution in [1.82, 2.24) is 20.4 Å². The second kappa shape index (κ2) is 9.91. The van der Waals surface area contributed by atoms with Crippen LogP contribution in [0.15, 0.2) is 17.3 Å². The number of guanidine groups is 1. The summed E-state index contributed by atoms with van der Waals surface area (Å²) in [4.78, 5) is 4.70. The maximum absolute atomic E-state index is 11.6. The van der Waals surface area contributed by atoms with Crippen LogP contribution in [0.25, 0.3) is 0 Å². The Labute approximate surface area is 173 Å². The quantitative estimate of drug-likeness (QED) is 0.370. The summed E-state index contributed by atoms with van der Waals surface area (Å²) >= 11 is 0. The van der Waals surface area contributed by atoms with E-state index in [1.807, 2.05) is 17.8 Å². The van der Waals surface area contributed by atoms with Gasteiger partial charge in [0.25, 0.3) is 0 Å². The minimum Gasteiger partial charge on any atom is -0.356 e. The van der Waals surface area contributed by atoms with Gasteiger partial charge >= 0.3 is 0 Å². The van der Waals surface area contributed by atoms with Crippen LogP contribution in [0.1, 0.15) is 44.2 Å². The van der Waals surface area contributed by atoms with Crippen molar-refractivity contribution in [2.75, 3.05) is 18.1 Å². The van der Waals surface area contributed by atoms with Crippen molar-refractivity contribution < 1.29 is 8.42 Å². The van der Waals surface area contributed by atoms with Crippen LogP contribution in [-0.4, -0.2) is 48.3 Å². The lowest BCUT2D eigenvalue weighted by Crippen LogP contribution is -2.45. The molecule has 1 aliphatic carbocycles. The third kappa shape index (κ3) is 6.40. The zero-order valence-electron chi connectivity index (χ0n) is 15.4. The highest BCUT2D eigenvalue weighted by Gasteiger charge is 2.28. The first-order valence-electron chi connectivity index (χ1n) is 9.24. The van der Waals surface area contributed by atoms with E-state index in [1.165, 1.54) is 32.1 Å². The van der Waals surface area contributed by atoms with Crippen molar-refractivity contribution in [3.8, 4) is 0 Å². The smallest absolute Gasteiger partial charge is 0.191 e. The summed E-state index contributed by atoms with van der Waals surface area (Å²) in [5.41, 5.74) is 1.05. The first kappa shape index (κ1) is 21.5. The van der Waals surface area contributed by atoms with E-state index in [1.54, 1.807) is 6.20 Å². The molecule has 0 bridgehead atoms. The molecule has 1 aliphatic heterocycles. The number of hydrogen-bond donors (Lipinski definition) is 2. The van der Waals surface area contributed by atoms with Gasteiger partial charge in [-0.2, -0.15) is 5.10 Å². The largest absolute Gasteiger partial charge is 0.356 e. The average Bonchev–Trinajstić information content (AvgIpc) is 3.16. The number of hydrogen-bond acceptors (Lipinski definition) is 4. The first-order valence-corrected chi connectivity index (χ1v) is 11.1. The van der Waals surface area contributed by atoms with Crippen LogP contribution in [0.3, 0.4) is 0 Å². The van der Waals surface area contributed by atoms with Crippen molar-refractivity contribution >= 4 is 39.8 Å². The van der Waals surface area contributed by atoms with E-state index in [4.69, 9.17) is 4.99 Å². The van der Waals surface area contributed by atoms with Gasteiger partial charge in [-0.3, -0.25) is 4.68 Å². The zero-order valence-corrected chi connectivity index (χ0v) is 18.5. The van der Waals surface area contributed by atoms with Crippen LogP contribution in [0.5, 0.6) is 0 Å². The molecule has 2 aliphatic rings. The zero-order chi connectivity index (χ0) is 17.7. The van der Waals surface area contributed by atoms with Crippen molar-refractivity contribution in [1.29, 1.82) is 0 Å². The summed E-state index contributed by atoms with van der Waals surface area (Å²) in [5.74, 6) is 1.58. The van der Waals surface area contributed by atoms with Crippen LogP contribution >= 0.6 is 24.0 Å². The number of aliphatic imine (C=N–C) groups is 1. The van der Waals surface area contributed by atoms with E-state index >= 15 is 0 Å². The highest BCUT2D eigenvalue weighted by molar-refractivity contribution is 14.0. The normalized spacial score (nSPS) is 23.4. The van der Waals surface area contributed by atoms with Crippen LogP contribution < -0.4 is 10.6 Å². The molecule has 7 nitrogen and oxygen atoms in total. The summed E-state index contributed by atoms with van der Waals surface area (Å²) in [7, 11) is -0.923. The number of halogens is 1.